The molecule has 0 bridgehead atoms. The van der Waals surface area contributed by atoms with Crippen LogP contribution in [0, 0.1) is 0 Å². The number of hydrogen-bond donors (Lipinski definition) is 2. The molecule has 0 radical (unpaired) electrons. The minimum atomic E-state index is -0.521. The number of hydroxylamine groups is 1. The van der Waals surface area contributed by atoms with Crippen molar-refractivity contribution in [2.45, 2.75) is 34.1 Å². The Bertz CT molecular complexity index is 734. The summed E-state index contributed by atoms with van der Waals surface area (Å²) in [4.78, 5) is 21.2. The molecule has 2 aromatic carbocycles. The largest absolute Gasteiger partial charge is 0.295 e. The average molecular weight is 367 g/mol. The SMILES string of the molecule is CC.CC(=O)/C=C/c1ccccc1.CCc1cccc(/C=C/C(=O)NO)c1. The smallest absolute Gasteiger partial charge is 0.267 e. The molecule has 27 heavy (non-hydrogen) atoms. The van der Waals surface area contributed by atoms with Gasteiger partial charge in [0.1, 0.15) is 0 Å². The molecule has 144 valence electrons. The Balaban J connectivity index is 0.000000469. The van der Waals surface area contributed by atoms with Gasteiger partial charge in [-0.2, -0.15) is 0 Å². The van der Waals surface area contributed by atoms with E-state index in [1.165, 1.54) is 17.1 Å². The minimum Gasteiger partial charge on any atom is -0.295 e. The highest BCUT2D eigenvalue weighted by Crippen LogP contribution is 2.07. The fraction of sp³-hybridized carbons (Fsp3) is 0.217. The van der Waals surface area contributed by atoms with Gasteiger partial charge in [0.05, 0.1) is 0 Å². The Morgan fingerprint density at radius 1 is 0.926 bits per heavy atom. The van der Waals surface area contributed by atoms with Crippen LogP contribution in [0.2, 0.25) is 0 Å². The summed E-state index contributed by atoms with van der Waals surface area (Å²) < 4.78 is 0. The third-order valence-electron chi connectivity index (χ3n) is 3.21. The highest BCUT2D eigenvalue weighted by atomic mass is 16.5. The van der Waals surface area contributed by atoms with Crippen LogP contribution in [0.3, 0.4) is 0 Å². The zero-order valence-corrected chi connectivity index (χ0v) is 16.5. The fourth-order valence-corrected chi connectivity index (χ4v) is 1.90. The van der Waals surface area contributed by atoms with Gasteiger partial charge in [-0.3, -0.25) is 14.8 Å². The molecule has 2 aromatic rings. The zero-order chi connectivity index (χ0) is 20.5. The molecule has 0 saturated carbocycles. The highest BCUT2D eigenvalue weighted by Gasteiger charge is 1.92. The van der Waals surface area contributed by atoms with E-state index < -0.39 is 5.91 Å². The second-order valence-electron chi connectivity index (χ2n) is 5.26. The third-order valence-corrected chi connectivity index (χ3v) is 3.21. The predicted molar refractivity (Wildman–Crippen MR) is 112 cm³/mol. The van der Waals surface area contributed by atoms with E-state index in [0.29, 0.717) is 0 Å². The number of rotatable bonds is 5. The molecule has 0 unspecified atom stereocenters. The van der Waals surface area contributed by atoms with E-state index in [0.717, 1.165) is 17.5 Å². The first kappa shape index (κ1) is 24.0. The Labute approximate surface area is 162 Å². The second-order valence-corrected chi connectivity index (χ2v) is 5.26. The molecule has 0 aliphatic heterocycles. The van der Waals surface area contributed by atoms with Crippen LogP contribution in [0.25, 0.3) is 12.2 Å². The van der Waals surface area contributed by atoms with Crippen LogP contribution < -0.4 is 5.48 Å². The van der Waals surface area contributed by atoms with Crippen molar-refractivity contribution in [1.82, 2.24) is 5.48 Å². The normalized spacial score (nSPS) is 9.81. The molecule has 0 heterocycles. The molecule has 4 heteroatoms. The molecule has 0 saturated heterocycles. The van der Waals surface area contributed by atoms with Crippen LogP contribution in [0.15, 0.2) is 66.7 Å². The monoisotopic (exact) mass is 367 g/mol. The number of aryl methyl sites for hydroxylation is 1. The van der Waals surface area contributed by atoms with Gasteiger partial charge in [-0.15, -0.1) is 0 Å². The second kappa shape index (κ2) is 15.3. The van der Waals surface area contributed by atoms with E-state index in [1.54, 1.807) is 19.1 Å². The van der Waals surface area contributed by atoms with Gasteiger partial charge in [0.2, 0.25) is 0 Å². The fourth-order valence-electron chi connectivity index (χ4n) is 1.90. The van der Waals surface area contributed by atoms with Crippen molar-refractivity contribution in [2.75, 3.05) is 0 Å². The summed E-state index contributed by atoms with van der Waals surface area (Å²) in [6, 6.07) is 17.6. The van der Waals surface area contributed by atoms with Crippen molar-refractivity contribution in [3.63, 3.8) is 0 Å². The molecule has 0 fully saturated rings. The van der Waals surface area contributed by atoms with Gasteiger partial charge in [0.25, 0.3) is 5.91 Å². The number of nitrogens with one attached hydrogen (secondary N) is 1. The molecule has 0 atom stereocenters. The molecule has 0 aromatic heterocycles. The van der Waals surface area contributed by atoms with Gasteiger partial charge in [0, 0.05) is 6.08 Å². The number of benzene rings is 2. The van der Waals surface area contributed by atoms with E-state index in [1.807, 2.05) is 74.5 Å². The molecular weight excluding hydrogens is 338 g/mol. The lowest BCUT2D eigenvalue weighted by molar-refractivity contribution is -0.124. The lowest BCUT2D eigenvalue weighted by Gasteiger charge is -1.97. The topological polar surface area (TPSA) is 66.4 Å². The molecule has 0 spiro atoms. The summed E-state index contributed by atoms with van der Waals surface area (Å²) in [5.41, 5.74) is 4.77. The number of hydrogen-bond acceptors (Lipinski definition) is 3. The maximum absolute atomic E-state index is 10.7. The van der Waals surface area contributed by atoms with Crippen molar-refractivity contribution < 1.29 is 14.8 Å². The lowest BCUT2D eigenvalue weighted by atomic mass is 10.1. The average Bonchev–Trinajstić information content (AvgIpc) is 2.73. The van der Waals surface area contributed by atoms with Gasteiger partial charge < -0.3 is 0 Å². The molecule has 1 amide bonds. The number of amides is 1. The predicted octanol–water partition coefficient (Wildman–Crippen LogP) is 5.08. The summed E-state index contributed by atoms with van der Waals surface area (Å²) in [6.45, 7) is 7.61. The van der Waals surface area contributed by atoms with E-state index >= 15 is 0 Å². The zero-order valence-electron chi connectivity index (χ0n) is 16.5. The van der Waals surface area contributed by atoms with Gasteiger partial charge in [-0.25, -0.2) is 5.48 Å². The van der Waals surface area contributed by atoms with Gasteiger partial charge in [-0.05, 0) is 42.2 Å². The summed E-state index contributed by atoms with van der Waals surface area (Å²) in [6.07, 6.45) is 7.28. The van der Waals surface area contributed by atoms with Gasteiger partial charge in [0.15, 0.2) is 5.78 Å². The van der Waals surface area contributed by atoms with Crippen molar-refractivity contribution in [3.8, 4) is 0 Å². The van der Waals surface area contributed by atoms with E-state index in [9.17, 15) is 9.59 Å². The summed E-state index contributed by atoms with van der Waals surface area (Å²) in [5.74, 6) is -0.444. The first-order chi connectivity index (χ1) is 13.0. The quantitative estimate of drug-likeness (QED) is 0.440. The number of carbonyl (C=O) groups excluding carboxylic acids is 2. The Hall–Kier alpha value is -2.98. The maximum atomic E-state index is 10.7. The number of allylic oxidation sites excluding steroid dienone is 1. The third kappa shape index (κ3) is 12.1. The molecule has 0 aliphatic carbocycles. The van der Waals surface area contributed by atoms with E-state index in [2.05, 4.69) is 6.92 Å². The molecule has 2 rings (SSSR count). The minimum absolute atomic E-state index is 0.0776. The van der Waals surface area contributed by atoms with E-state index in [-0.39, 0.29) is 5.78 Å². The first-order valence-electron chi connectivity index (χ1n) is 9.00. The summed E-state index contributed by atoms with van der Waals surface area (Å²) >= 11 is 0. The van der Waals surface area contributed by atoms with Crippen LogP contribution in [-0.4, -0.2) is 16.9 Å². The van der Waals surface area contributed by atoms with Crippen molar-refractivity contribution in [3.05, 3.63) is 83.4 Å². The van der Waals surface area contributed by atoms with Crippen LogP contribution in [0.5, 0.6) is 0 Å². The maximum Gasteiger partial charge on any atom is 0.267 e. The molecular formula is C23H29NO3. The van der Waals surface area contributed by atoms with Crippen molar-refractivity contribution >= 4 is 23.8 Å². The Morgan fingerprint density at radius 3 is 2.07 bits per heavy atom. The standard InChI is InChI=1S/C11H13NO2.C10H10O.C2H6/c1-2-9-4-3-5-10(8-9)6-7-11(13)12-14;1-9(11)7-8-10-5-3-2-4-6-10;1-2/h3-8,14H,2H2,1H3,(H,12,13);2-8H,1H3;1-2H3/b7-6+;8-7+;. The van der Waals surface area contributed by atoms with Crippen LogP contribution >= 0.6 is 0 Å². The lowest BCUT2D eigenvalue weighted by Crippen LogP contribution is -2.14. The first-order valence-corrected chi connectivity index (χ1v) is 9.00. The van der Waals surface area contributed by atoms with Gasteiger partial charge in [-0.1, -0.05) is 81.4 Å². The van der Waals surface area contributed by atoms with Crippen molar-refractivity contribution in [2.24, 2.45) is 0 Å². The van der Waals surface area contributed by atoms with Crippen LogP contribution in [0.4, 0.5) is 0 Å². The Morgan fingerprint density at radius 2 is 1.52 bits per heavy atom. The van der Waals surface area contributed by atoms with Gasteiger partial charge >= 0.3 is 0 Å². The van der Waals surface area contributed by atoms with Crippen molar-refractivity contribution in [1.29, 1.82) is 0 Å². The van der Waals surface area contributed by atoms with E-state index in [4.69, 9.17) is 5.21 Å². The number of carbonyl (C=O) groups is 2. The van der Waals surface area contributed by atoms with Crippen LogP contribution in [0.1, 0.15) is 44.4 Å². The summed E-state index contributed by atoms with van der Waals surface area (Å²) in [5, 5.41) is 8.26. The Kier molecular flexibility index (Phi) is 13.6. The summed E-state index contributed by atoms with van der Waals surface area (Å²) in [7, 11) is 0. The molecule has 0 aliphatic rings. The molecule has 2 N–H and O–H groups in total. The van der Waals surface area contributed by atoms with Crippen LogP contribution in [-0.2, 0) is 16.0 Å². The number of ketones is 1. The molecule has 4 nitrogen and oxygen atoms in total. The highest BCUT2D eigenvalue weighted by molar-refractivity contribution is 5.91.